The van der Waals surface area contributed by atoms with E-state index in [9.17, 15) is 9.59 Å². The zero-order chi connectivity index (χ0) is 14.7. The van der Waals surface area contributed by atoms with Crippen LogP contribution in [-0.2, 0) is 4.79 Å². The topological polar surface area (TPSA) is 59.3 Å². The predicted molar refractivity (Wildman–Crippen MR) is 80.5 cm³/mol. The van der Waals surface area contributed by atoms with Crippen molar-refractivity contribution in [2.45, 2.75) is 26.7 Å². The molecule has 5 heteroatoms. The highest BCUT2D eigenvalue weighted by Crippen LogP contribution is 2.25. The van der Waals surface area contributed by atoms with Crippen molar-refractivity contribution >= 4 is 34.2 Å². The summed E-state index contributed by atoms with van der Waals surface area (Å²) in [5.41, 5.74) is 2.58. The van der Waals surface area contributed by atoms with Gasteiger partial charge < -0.3 is 9.73 Å². The average molecular weight is 294 g/mol. The number of anilines is 1. The van der Waals surface area contributed by atoms with E-state index in [-0.39, 0.29) is 11.5 Å². The largest absolute Gasteiger partial charge is 0.423 e. The fraction of sp³-hybridized carbons (Fsp3) is 0.333. The van der Waals surface area contributed by atoms with Gasteiger partial charge in [-0.05, 0) is 43.5 Å². The minimum atomic E-state index is -0.367. The van der Waals surface area contributed by atoms with Crippen LogP contribution in [0.5, 0.6) is 0 Å². The number of alkyl halides is 1. The molecular formula is C15H16ClNO3. The maximum absolute atomic E-state index is 11.8. The molecule has 2 rings (SSSR count). The molecule has 20 heavy (non-hydrogen) atoms. The molecular weight excluding hydrogens is 278 g/mol. The van der Waals surface area contributed by atoms with Crippen molar-refractivity contribution in [1.82, 2.24) is 0 Å². The van der Waals surface area contributed by atoms with E-state index in [1.54, 1.807) is 6.07 Å². The summed E-state index contributed by atoms with van der Waals surface area (Å²) in [4.78, 5) is 23.1. The van der Waals surface area contributed by atoms with Gasteiger partial charge in [0.05, 0.1) is 0 Å². The number of aryl methyl sites for hydroxylation is 2. The van der Waals surface area contributed by atoms with Gasteiger partial charge in [-0.15, -0.1) is 11.6 Å². The molecule has 0 spiro atoms. The van der Waals surface area contributed by atoms with Gasteiger partial charge in [0.1, 0.15) is 5.58 Å². The molecule has 1 amide bonds. The highest BCUT2D eigenvalue weighted by Gasteiger charge is 2.09. The third-order valence-electron chi connectivity index (χ3n) is 3.11. The number of hydrogen-bond acceptors (Lipinski definition) is 3. The van der Waals surface area contributed by atoms with Crippen molar-refractivity contribution in [3.63, 3.8) is 0 Å². The van der Waals surface area contributed by atoms with Crippen LogP contribution in [-0.4, -0.2) is 11.8 Å². The van der Waals surface area contributed by atoms with Gasteiger partial charge in [0.2, 0.25) is 5.91 Å². The molecule has 0 bridgehead atoms. The first kappa shape index (κ1) is 14.6. The van der Waals surface area contributed by atoms with Gasteiger partial charge in [-0.2, -0.15) is 0 Å². The molecule has 106 valence electrons. The molecule has 0 aliphatic heterocycles. The Morgan fingerprint density at radius 2 is 2.00 bits per heavy atom. The molecule has 1 heterocycles. The minimum Gasteiger partial charge on any atom is -0.423 e. The molecule has 0 aliphatic carbocycles. The van der Waals surface area contributed by atoms with Gasteiger partial charge in [0, 0.05) is 29.4 Å². The Morgan fingerprint density at radius 3 is 2.70 bits per heavy atom. The van der Waals surface area contributed by atoms with Crippen LogP contribution < -0.4 is 10.9 Å². The molecule has 2 aromatic rings. The van der Waals surface area contributed by atoms with Crippen LogP contribution in [0, 0.1) is 13.8 Å². The van der Waals surface area contributed by atoms with Crippen LogP contribution in [0.1, 0.15) is 24.0 Å². The number of halogens is 1. The third-order valence-corrected chi connectivity index (χ3v) is 3.38. The quantitative estimate of drug-likeness (QED) is 0.694. The number of fused-ring (bicyclic) bond motifs is 1. The molecule has 1 aromatic heterocycles. The third kappa shape index (κ3) is 3.20. The van der Waals surface area contributed by atoms with Gasteiger partial charge in [-0.25, -0.2) is 4.79 Å². The van der Waals surface area contributed by atoms with E-state index < -0.39 is 0 Å². The van der Waals surface area contributed by atoms with Crippen molar-refractivity contribution in [2.24, 2.45) is 0 Å². The van der Waals surface area contributed by atoms with Gasteiger partial charge in [-0.3, -0.25) is 4.79 Å². The number of carbonyl (C=O) groups excluding carboxylic acids is 1. The summed E-state index contributed by atoms with van der Waals surface area (Å²) in [5.74, 6) is 0.400. The zero-order valence-corrected chi connectivity index (χ0v) is 12.2. The molecule has 0 aliphatic rings. The molecule has 0 radical (unpaired) electrons. The first-order valence-corrected chi connectivity index (χ1v) is 6.95. The van der Waals surface area contributed by atoms with E-state index in [1.165, 1.54) is 6.07 Å². The molecule has 4 nitrogen and oxygen atoms in total. The average Bonchev–Trinajstić information content (AvgIpc) is 2.38. The van der Waals surface area contributed by atoms with E-state index >= 15 is 0 Å². The standard InChI is InChI=1S/C15H16ClNO3/c1-9-7-15(19)20-13-6-10(2)12(8-11(9)13)17-14(18)4-3-5-16/h6-8H,3-5H2,1-2H3,(H,17,18). The number of amides is 1. The lowest BCUT2D eigenvalue weighted by Crippen LogP contribution is -2.12. The van der Waals surface area contributed by atoms with E-state index in [0.29, 0.717) is 24.3 Å². The van der Waals surface area contributed by atoms with Crippen LogP contribution in [0.4, 0.5) is 5.69 Å². The second kappa shape index (κ2) is 6.09. The zero-order valence-electron chi connectivity index (χ0n) is 11.5. The fourth-order valence-electron chi connectivity index (χ4n) is 2.04. The number of hydrogen-bond donors (Lipinski definition) is 1. The summed E-state index contributed by atoms with van der Waals surface area (Å²) in [5, 5.41) is 3.68. The summed E-state index contributed by atoms with van der Waals surface area (Å²) in [6.07, 6.45) is 1.04. The highest BCUT2D eigenvalue weighted by molar-refractivity contribution is 6.18. The van der Waals surface area contributed by atoms with E-state index in [1.807, 2.05) is 19.9 Å². The molecule has 0 saturated carbocycles. The first-order valence-electron chi connectivity index (χ1n) is 6.42. The van der Waals surface area contributed by atoms with Gasteiger partial charge >= 0.3 is 5.63 Å². The lowest BCUT2D eigenvalue weighted by atomic mass is 10.1. The summed E-state index contributed by atoms with van der Waals surface area (Å²) in [7, 11) is 0. The summed E-state index contributed by atoms with van der Waals surface area (Å²) < 4.78 is 5.16. The van der Waals surface area contributed by atoms with Crippen LogP contribution in [0.25, 0.3) is 11.0 Å². The molecule has 0 atom stereocenters. The maximum atomic E-state index is 11.8. The SMILES string of the molecule is Cc1cc2oc(=O)cc(C)c2cc1NC(=O)CCCCl. The Kier molecular flexibility index (Phi) is 4.45. The van der Waals surface area contributed by atoms with E-state index in [0.717, 1.165) is 22.2 Å². The van der Waals surface area contributed by atoms with E-state index in [2.05, 4.69) is 5.32 Å². The van der Waals surface area contributed by atoms with Crippen molar-refractivity contribution < 1.29 is 9.21 Å². The first-order chi connectivity index (χ1) is 9.51. The minimum absolute atomic E-state index is 0.0665. The molecule has 1 aromatic carbocycles. The summed E-state index contributed by atoms with van der Waals surface area (Å²) in [6, 6.07) is 5.04. The molecule has 0 unspecified atom stereocenters. The smallest absolute Gasteiger partial charge is 0.336 e. The van der Waals surface area contributed by atoms with Gasteiger partial charge in [0.15, 0.2) is 0 Å². The number of rotatable bonds is 4. The summed E-state index contributed by atoms with van der Waals surface area (Å²) >= 11 is 5.57. The van der Waals surface area contributed by atoms with Crippen LogP contribution in [0.2, 0.25) is 0 Å². The maximum Gasteiger partial charge on any atom is 0.336 e. The second-order valence-corrected chi connectivity index (χ2v) is 5.13. The lowest BCUT2D eigenvalue weighted by Gasteiger charge is -2.10. The Hall–Kier alpha value is -1.81. The predicted octanol–water partition coefficient (Wildman–Crippen LogP) is 3.37. The monoisotopic (exact) mass is 293 g/mol. The number of benzene rings is 1. The molecule has 0 saturated heterocycles. The van der Waals surface area contributed by atoms with Crippen molar-refractivity contribution in [3.05, 3.63) is 39.7 Å². The van der Waals surface area contributed by atoms with Gasteiger partial charge in [-0.1, -0.05) is 0 Å². The number of nitrogens with one attached hydrogen (secondary N) is 1. The molecule has 1 N–H and O–H groups in total. The van der Waals surface area contributed by atoms with Gasteiger partial charge in [0.25, 0.3) is 0 Å². The number of carbonyl (C=O) groups is 1. The Labute approximate surface area is 121 Å². The highest BCUT2D eigenvalue weighted by atomic mass is 35.5. The molecule has 0 fully saturated rings. The van der Waals surface area contributed by atoms with Crippen LogP contribution >= 0.6 is 11.6 Å². The van der Waals surface area contributed by atoms with Crippen LogP contribution in [0.3, 0.4) is 0 Å². The Morgan fingerprint density at radius 1 is 1.25 bits per heavy atom. The van der Waals surface area contributed by atoms with Crippen molar-refractivity contribution in [1.29, 1.82) is 0 Å². The van der Waals surface area contributed by atoms with Crippen molar-refractivity contribution in [2.75, 3.05) is 11.2 Å². The van der Waals surface area contributed by atoms with E-state index in [4.69, 9.17) is 16.0 Å². The van der Waals surface area contributed by atoms with Crippen molar-refractivity contribution in [3.8, 4) is 0 Å². The fourth-order valence-corrected chi connectivity index (χ4v) is 2.17. The Balaban J connectivity index is 2.37. The second-order valence-electron chi connectivity index (χ2n) is 4.75. The summed E-state index contributed by atoms with van der Waals surface area (Å²) in [6.45, 7) is 3.70. The normalized spacial score (nSPS) is 10.8. The lowest BCUT2D eigenvalue weighted by molar-refractivity contribution is -0.116. The van der Waals surface area contributed by atoms with Crippen LogP contribution in [0.15, 0.2) is 27.4 Å². The Bertz CT molecular complexity index is 706.